The number of nitrogens with one attached hydrogen (secondary N) is 1. The summed E-state index contributed by atoms with van der Waals surface area (Å²) >= 11 is 6.20. The van der Waals surface area contributed by atoms with Gasteiger partial charge in [-0.25, -0.2) is 4.68 Å². The van der Waals surface area contributed by atoms with Gasteiger partial charge >= 0.3 is 0 Å². The summed E-state index contributed by atoms with van der Waals surface area (Å²) in [5.74, 6) is 0. The molecular formula is C15H23ClN4O. The van der Waals surface area contributed by atoms with E-state index in [9.17, 15) is 4.79 Å². The van der Waals surface area contributed by atoms with Crippen molar-refractivity contribution in [3.8, 4) is 0 Å². The highest BCUT2D eigenvalue weighted by molar-refractivity contribution is 6.32. The van der Waals surface area contributed by atoms with Gasteiger partial charge in [-0.1, -0.05) is 30.2 Å². The molecule has 0 aromatic carbocycles. The first kappa shape index (κ1) is 16.0. The molecule has 0 radical (unpaired) electrons. The average Bonchev–Trinajstić information content (AvgIpc) is 2.67. The summed E-state index contributed by atoms with van der Waals surface area (Å²) in [7, 11) is 2.12. The zero-order chi connectivity index (χ0) is 15.2. The minimum atomic E-state index is -0.248. The molecule has 6 heteroatoms. The molecule has 2 rings (SSSR count). The second-order valence-electron chi connectivity index (χ2n) is 5.53. The van der Waals surface area contributed by atoms with Crippen molar-refractivity contribution >= 4 is 17.3 Å². The standard InChI is InChI=1S/C15H23ClN4O/c1-3-4-9-20-15(21)14(16)13(10-17-20)18-12-7-5-6-8-19(2)11-12/h3-4,10,12,18H,5-9,11H2,1-2H3/b4-3+. The molecule has 2 heterocycles. The summed E-state index contributed by atoms with van der Waals surface area (Å²) in [5, 5.41) is 7.78. The Bertz CT molecular complexity index is 555. The van der Waals surface area contributed by atoms with Crippen molar-refractivity contribution in [1.82, 2.24) is 14.7 Å². The fraction of sp³-hybridized carbons (Fsp3) is 0.600. The Hall–Kier alpha value is -1.33. The minimum Gasteiger partial charge on any atom is -0.378 e. The monoisotopic (exact) mass is 310 g/mol. The molecule has 1 N–H and O–H groups in total. The number of hydrogen-bond donors (Lipinski definition) is 1. The van der Waals surface area contributed by atoms with Crippen LogP contribution < -0.4 is 10.9 Å². The molecule has 1 saturated heterocycles. The molecule has 0 spiro atoms. The lowest BCUT2D eigenvalue weighted by Crippen LogP contribution is -2.33. The van der Waals surface area contributed by atoms with Crippen LogP contribution in [0.5, 0.6) is 0 Å². The highest BCUT2D eigenvalue weighted by atomic mass is 35.5. The lowest BCUT2D eigenvalue weighted by molar-refractivity contribution is 0.339. The lowest BCUT2D eigenvalue weighted by Gasteiger charge is -2.22. The topological polar surface area (TPSA) is 50.2 Å². The van der Waals surface area contributed by atoms with Crippen molar-refractivity contribution in [2.45, 2.75) is 38.8 Å². The predicted octanol–water partition coefficient (Wildman–Crippen LogP) is 2.37. The second kappa shape index (κ2) is 7.61. The Kier molecular flexibility index (Phi) is 5.82. The summed E-state index contributed by atoms with van der Waals surface area (Å²) in [6.45, 7) is 4.43. The Morgan fingerprint density at radius 2 is 2.33 bits per heavy atom. The second-order valence-corrected chi connectivity index (χ2v) is 5.91. The zero-order valence-electron chi connectivity index (χ0n) is 12.7. The molecule has 21 heavy (non-hydrogen) atoms. The van der Waals surface area contributed by atoms with Crippen molar-refractivity contribution in [3.63, 3.8) is 0 Å². The molecule has 5 nitrogen and oxygen atoms in total. The summed E-state index contributed by atoms with van der Waals surface area (Å²) in [4.78, 5) is 14.5. The molecule has 0 bridgehead atoms. The molecule has 0 aliphatic carbocycles. The largest absolute Gasteiger partial charge is 0.378 e. The summed E-state index contributed by atoms with van der Waals surface area (Å²) in [6.07, 6.45) is 8.89. The van der Waals surface area contributed by atoms with E-state index >= 15 is 0 Å². The van der Waals surface area contributed by atoms with Gasteiger partial charge in [0, 0.05) is 12.6 Å². The van der Waals surface area contributed by atoms with Gasteiger partial charge in [-0.3, -0.25) is 4.79 Å². The number of aromatic nitrogens is 2. The van der Waals surface area contributed by atoms with Crippen LogP contribution in [0.15, 0.2) is 23.1 Å². The first-order valence-electron chi connectivity index (χ1n) is 7.43. The zero-order valence-corrected chi connectivity index (χ0v) is 13.4. The molecule has 1 atom stereocenters. The predicted molar refractivity (Wildman–Crippen MR) is 87.1 cm³/mol. The summed E-state index contributed by atoms with van der Waals surface area (Å²) in [5.41, 5.74) is 0.389. The van der Waals surface area contributed by atoms with Gasteiger partial charge in [0.05, 0.1) is 18.4 Å². The maximum Gasteiger partial charge on any atom is 0.287 e. The number of likely N-dealkylation sites (N-methyl/N-ethyl adjacent to an activating group) is 1. The van der Waals surface area contributed by atoms with Gasteiger partial charge in [0.1, 0.15) is 5.02 Å². The normalized spacial score (nSPS) is 20.6. The number of anilines is 1. The fourth-order valence-electron chi connectivity index (χ4n) is 2.57. The van der Waals surface area contributed by atoms with E-state index in [-0.39, 0.29) is 10.6 Å². The molecule has 1 unspecified atom stereocenters. The first-order chi connectivity index (χ1) is 10.1. The number of nitrogens with zero attached hydrogens (tertiary/aromatic N) is 3. The van der Waals surface area contributed by atoms with Crippen LogP contribution in [0.4, 0.5) is 5.69 Å². The third-order valence-corrected chi connectivity index (χ3v) is 4.10. The van der Waals surface area contributed by atoms with Crippen LogP contribution in [0.1, 0.15) is 26.2 Å². The van der Waals surface area contributed by atoms with Crippen molar-refractivity contribution in [2.24, 2.45) is 0 Å². The highest BCUT2D eigenvalue weighted by Gasteiger charge is 2.17. The van der Waals surface area contributed by atoms with E-state index in [4.69, 9.17) is 11.6 Å². The molecule has 0 amide bonds. The number of rotatable bonds is 4. The molecule has 1 aromatic heterocycles. The summed E-state index contributed by atoms with van der Waals surface area (Å²) < 4.78 is 1.37. The van der Waals surface area contributed by atoms with Gasteiger partial charge in [-0.2, -0.15) is 5.10 Å². The first-order valence-corrected chi connectivity index (χ1v) is 7.81. The van der Waals surface area contributed by atoms with Crippen LogP contribution in [0.3, 0.4) is 0 Å². The SMILES string of the molecule is C/C=C/Cn1ncc(NC2CCCCN(C)C2)c(Cl)c1=O. The van der Waals surface area contributed by atoms with E-state index in [0.29, 0.717) is 18.3 Å². The van der Waals surface area contributed by atoms with Gasteiger partial charge in [-0.05, 0) is 33.4 Å². The number of allylic oxidation sites excluding steroid dienone is 2. The molecule has 1 aromatic rings. The number of likely N-dealkylation sites (tertiary alicyclic amines) is 1. The Morgan fingerprint density at radius 1 is 1.52 bits per heavy atom. The van der Waals surface area contributed by atoms with Gasteiger partial charge in [0.2, 0.25) is 0 Å². The van der Waals surface area contributed by atoms with E-state index in [1.54, 1.807) is 6.20 Å². The third-order valence-electron chi connectivity index (χ3n) is 3.73. The van der Waals surface area contributed by atoms with Crippen molar-refractivity contribution in [1.29, 1.82) is 0 Å². The van der Waals surface area contributed by atoms with Crippen LogP contribution in [0, 0.1) is 0 Å². The quantitative estimate of drug-likeness (QED) is 0.868. The third kappa shape index (κ3) is 4.32. The fourth-order valence-corrected chi connectivity index (χ4v) is 2.77. The summed E-state index contributed by atoms with van der Waals surface area (Å²) in [6, 6.07) is 0.308. The molecule has 1 aliphatic heterocycles. The minimum absolute atomic E-state index is 0.224. The maximum atomic E-state index is 12.2. The lowest BCUT2D eigenvalue weighted by atomic mass is 10.1. The Balaban J connectivity index is 2.13. The van der Waals surface area contributed by atoms with Crippen LogP contribution in [0.2, 0.25) is 5.02 Å². The van der Waals surface area contributed by atoms with Crippen molar-refractivity contribution in [3.05, 3.63) is 33.7 Å². The number of halogens is 1. The van der Waals surface area contributed by atoms with Gasteiger partial charge in [0.15, 0.2) is 0 Å². The average molecular weight is 311 g/mol. The Labute approximate surface area is 130 Å². The van der Waals surface area contributed by atoms with Crippen LogP contribution in [-0.2, 0) is 6.54 Å². The molecule has 116 valence electrons. The number of hydrogen-bond acceptors (Lipinski definition) is 4. The van der Waals surface area contributed by atoms with Gasteiger partial charge < -0.3 is 10.2 Å². The van der Waals surface area contributed by atoms with E-state index < -0.39 is 0 Å². The van der Waals surface area contributed by atoms with E-state index in [0.717, 1.165) is 19.5 Å². The maximum absolute atomic E-state index is 12.2. The van der Waals surface area contributed by atoms with E-state index in [1.165, 1.54) is 17.5 Å². The molecule has 1 aliphatic rings. The van der Waals surface area contributed by atoms with Crippen molar-refractivity contribution in [2.75, 3.05) is 25.5 Å². The van der Waals surface area contributed by atoms with Crippen molar-refractivity contribution < 1.29 is 0 Å². The van der Waals surface area contributed by atoms with Gasteiger partial charge in [-0.15, -0.1) is 0 Å². The molecule has 1 fully saturated rings. The van der Waals surface area contributed by atoms with E-state index in [1.807, 2.05) is 19.1 Å². The smallest absolute Gasteiger partial charge is 0.287 e. The van der Waals surface area contributed by atoms with Crippen LogP contribution >= 0.6 is 11.6 Å². The Morgan fingerprint density at radius 3 is 3.10 bits per heavy atom. The van der Waals surface area contributed by atoms with Crippen LogP contribution in [-0.4, -0.2) is 40.9 Å². The highest BCUT2D eigenvalue weighted by Crippen LogP contribution is 2.19. The van der Waals surface area contributed by atoms with Crippen LogP contribution in [0.25, 0.3) is 0 Å². The van der Waals surface area contributed by atoms with Gasteiger partial charge in [0.25, 0.3) is 5.56 Å². The molecule has 0 saturated carbocycles. The molecular weight excluding hydrogens is 288 g/mol. The van der Waals surface area contributed by atoms with E-state index in [2.05, 4.69) is 22.4 Å².